The number of amides is 2. The highest BCUT2D eigenvalue weighted by Crippen LogP contribution is 2.44. The molecule has 5 rings (SSSR count). The lowest BCUT2D eigenvalue weighted by Gasteiger charge is -2.38. The highest BCUT2D eigenvalue weighted by atomic mass is 16.2. The molecular formula is C43H58N4O6. The Labute approximate surface area is 314 Å². The molecular weight excluding hydrogens is 668 g/mol. The van der Waals surface area contributed by atoms with E-state index in [4.69, 9.17) is 0 Å². The van der Waals surface area contributed by atoms with Crippen LogP contribution in [0.1, 0.15) is 127 Å². The highest BCUT2D eigenvalue weighted by molar-refractivity contribution is 6.38. The number of hydrogen-bond donors (Lipinski definition) is 1. The van der Waals surface area contributed by atoms with E-state index in [-0.39, 0.29) is 66.1 Å². The summed E-state index contributed by atoms with van der Waals surface area (Å²) in [7, 11) is 0. The molecule has 6 atom stereocenters. The number of carbonyl (C=O) groups excluding carboxylic acids is 6. The number of ketones is 4. The van der Waals surface area contributed by atoms with Gasteiger partial charge in [-0.1, -0.05) is 90.1 Å². The van der Waals surface area contributed by atoms with Crippen LogP contribution < -0.4 is 5.32 Å². The maximum absolute atomic E-state index is 14.7. The third kappa shape index (κ3) is 10.1. The Hall–Kier alpha value is -4.08. The molecule has 1 aromatic heterocycles. The van der Waals surface area contributed by atoms with E-state index in [1.807, 2.05) is 58.0 Å². The normalized spacial score (nSPS) is 22.0. The number of nitrogens with one attached hydrogen (secondary N) is 1. The summed E-state index contributed by atoms with van der Waals surface area (Å²) in [5, 5.41) is 3.11. The molecule has 2 aromatic rings. The van der Waals surface area contributed by atoms with Crippen LogP contribution in [-0.2, 0) is 30.4 Å². The van der Waals surface area contributed by atoms with Gasteiger partial charge in [0.1, 0.15) is 11.7 Å². The van der Waals surface area contributed by atoms with Gasteiger partial charge in [0, 0.05) is 50.0 Å². The number of aromatic nitrogens is 2. The molecule has 1 N–H and O–H groups in total. The molecule has 0 spiro atoms. The monoisotopic (exact) mass is 726 g/mol. The van der Waals surface area contributed by atoms with Gasteiger partial charge >= 0.3 is 0 Å². The Morgan fingerprint density at radius 1 is 0.906 bits per heavy atom. The molecule has 2 heterocycles. The van der Waals surface area contributed by atoms with E-state index in [0.717, 1.165) is 56.9 Å². The van der Waals surface area contributed by atoms with Crippen molar-refractivity contribution in [3.05, 3.63) is 60.2 Å². The molecule has 3 aliphatic rings. The number of hydrogen-bond acceptors (Lipinski definition) is 8. The lowest BCUT2D eigenvalue weighted by Crippen LogP contribution is -2.58. The molecule has 0 radical (unpaired) electrons. The van der Waals surface area contributed by atoms with Crippen LogP contribution in [0.4, 0.5) is 0 Å². The van der Waals surface area contributed by atoms with Gasteiger partial charge in [0.2, 0.25) is 17.6 Å². The fourth-order valence-electron chi connectivity index (χ4n) is 9.06. The van der Waals surface area contributed by atoms with Crippen molar-refractivity contribution in [1.82, 2.24) is 20.2 Å². The Bertz CT molecular complexity index is 1600. The number of benzene rings is 1. The zero-order valence-electron chi connectivity index (χ0n) is 32.1. The fraction of sp³-hybridized carbons (Fsp3) is 0.628. The second-order valence-electron chi connectivity index (χ2n) is 16.7. The van der Waals surface area contributed by atoms with Crippen LogP contribution in [0, 0.1) is 35.0 Å². The molecule has 3 fully saturated rings. The topological polar surface area (TPSA) is 143 Å². The fourth-order valence-corrected chi connectivity index (χ4v) is 9.06. The van der Waals surface area contributed by atoms with Crippen LogP contribution in [0.2, 0.25) is 0 Å². The van der Waals surface area contributed by atoms with Gasteiger partial charge in [-0.05, 0) is 67.3 Å². The van der Waals surface area contributed by atoms with Gasteiger partial charge in [-0.3, -0.25) is 33.8 Å². The molecule has 286 valence electrons. The van der Waals surface area contributed by atoms with Gasteiger partial charge in [-0.2, -0.15) is 0 Å². The SMILES string of the molecule is CCC[C@H](CC(=O)[C@@H]1[C@H]2CCCC2CN1C(=O)[C@@H](NC(=O)[C@@H](CC(=O)c1cnccn1)C1CCCCC1)C(C)(C)C)C(=O)C(=O)CCc1ccccc1. The van der Waals surface area contributed by atoms with Crippen molar-refractivity contribution in [2.75, 3.05) is 6.54 Å². The molecule has 0 bridgehead atoms. The van der Waals surface area contributed by atoms with Crippen molar-refractivity contribution in [3.8, 4) is 0 Å². The van der Waals surface area contributed by atoms with Gasteiger partial charge in [-0.25, -0.2) is 4.98 Å². The van der Waals surface area contributed by atoms with Crippen molar-refractivity contribution >= 4 is 34.9 Å². The minimum Gasteiger partial charge on any atom is -0.344 e. The largest absolute Gasteiger partial charge is 0.344 e. The third-order valence-corrected chi connectivity index (χ3v) is 11.9. The lowest BCUT2D eigenvalue weighted by atomic mass is 9.76. The number of rotatable bonds is 17. The minimum absolute atomic E-state index is 0.00370. The zero-order valence-corrected chi connectivity index (χ0v) is 32.1. The number of nitrogens with zero attached hydrogens (tertiary/aromatic N) is 3. The maximum atomic E-state index is 14.7. The van der Waals surface area contributed by atoms with E-state index in [1.165, 1.54) is 18.6 Å². The lowest BCUT2D eigenvalue weighted by molar-refractivity contribution is -0.146. The number of aryl methyl sites for hydroxylation is 1. The molecule has 2 amide bonds. The molecule has 10 heteroatoms. The van der Waals surface area contributed by atoms with Crippen molar-refractivity contribution < 1.29 is 28.8 Å². The first-order valence-corrected chi connectivity index (χ1v) is 19.9. The van der Waals surface area contributed by atoms with Crippen LogP contribution in [0.5, 0.6) is 0 Å². The van der Waals surface area contributed by atoms with Crippen molar-refractivity contribution in [3.63, 3.8) is 0 Å². The second kappa shape index (κ2) is 18.3. The second-order valence-corrected chi connectivity index (χ2v) is 16.7. The summed E-state index contributed by atoms with van der Waals surface area (Å²) >= 11 is 0. The van der Waals surface area contributed by atoms with Gasteiger partial charge in [-0.15, -0.1) is 0 Å². The van der Waals surface area contributed by atoms with Crippen LogP contribution in [0.15, 0.2) is 48.9 Å². The van der Waals surface area contributed by atoms with E-state index in [0.29, 0.717) is 25.8 Å². The summed E-state index contributed by atoms with van der Waals surface area (Å²) in [4.78, 5) is 93.2. The Balaban J connectivity index is 1.34. The van der Waals surface area contributed by atoms with E-state index in [1.54, 1.807) is 4.90 Å². The van der Waals surface area contributed by atoms with Crippen molar-refractivity contribution in [2.24, 2.45) is 35.0 Å². The summed E-state index contributed by atoms with van der Waals surface area (Å²) in [5.41, 5.74) is 0.495. The number of likely N-dealkylation sites (tertiary alicyclic amines) is 1. The summed E-state index contributed by atoms with van der Waals surface area (Å²) in [6.07, 6.45) is 13.3. The van der Waals surface area contributed by atoms with Gasteiger partial charge in [0.15, 0.2) is 17.3 Å². The Morgan fingerprint density at radius 2 is 1.64 bits per heavy atom. The summed E-state index contributed by atoms with van der Waals surface area (Å²) in [6, 6.07) is 7.92. The number of Topliss-reactive ketones (excluding diaryl/α,β-unsaturated/α-hetero) is 4. The molecule has 1 unspecified atom stereocenters. The smallest absolute Gasteiger partial charge is 0.246 e. The predicted octanol–water partition coefficient (Wildman–Crippen LogP) is 6.55. The molecule has 1 aromatic carbocycles. The average Bonchev–Trinajstić information content (AvgIpc) is 3.77. The van der Waals surface area contributed by atoms with Gasteiger partial charge < -0.3 is 10.2 Å². The van der Waals surface area contributed by atoms with Crippen LogP contribution in [-0.4, -0.2) is 68.4 Å². The molecule has 1 aliphatic heterocycles. The molecule has 2 saturated carbocycles. The van der Waals surface area contributed by atoms with Crippen molar-refractivity contribution in [2.45, 2.75) is 130 Å². The number of carbonyl (C=O) groups is 6. The first kappa shape index (κ1) is 40.1. The summed E-state index contributed by atoms with van der Waals surface area (Å²) < 4.78 is 0. The zero-order chi connectivity index (χ0) is 38.1. The first-order valence-electron chi connectivity index (χ1n) is 19.9. The summed E-state index contributed by atoms with van der Waals surface area (Å²) in [6.45, 7) is 8.07. The molecule has 10 nitrogen and oxygen atoms in total. The van der Waals surface area contributed by atoms with Crippen molar-refractivity contribution in [1.29, 1.82) is 0 Å². The highest BCUT2D eigenvalue weighted by Gasteiger charge is 2.52. The van der Waals surface area contributed by atoms with Crippen LogP contribution in [0.3, 0.4) is 0 Å². The standard InChI is InChI=1S/C43H58N4O6/c1-5-13-30(39(51)35(48)21-20-28-14-8-6-9-15-28)24-37(50)38-32-19-12-18-31(32)27-47(38)42(53)40(43(2,3)4)46-41(52)33(29-16-10-7-11-17-29)25-36(49)34-26-44-22-23-45-34/h6,8-9,14-15,22-23,26,29-33,38,40H,5,7,10-13,16-21,24-25,27H2,1-4H3,(H,46,52)/t30-,31?,32+,33+,38+,40-/m1/s1. The van der Waals surface area contributed by atoms with Crippen LogP contribution >= 0.6 is 0 Å². The Morgan fingerprint density at radius 3 is 2.30 bits per heavy atom. The molecule has 2 aliphatic carbocycles. The minimum atomic E-state index is -0.936. The van der Waals surface area contributed by atoms with E-state index in [9.17, 15) is 28.8 Å². The molecule has 53 heavy (non-hydrogen) atoms. The third-order valence-electron chi connectivity index (χ3n) is 11.9. The molecule has 1 saturated heterocycles. The van der Waals surface area contributed by atoms with E-state index in [2.05, 4.69) is 15.3 Å². The van der Waals surface area contributed by atoms with Gasteiger partial charge in [0.25, 0.3) is 0 Å². The number of fused-ring (bicyclic) bond motifs is 1. The average molecular weight is 727 g/mol. The van der Waals surface area contributed by atoms with Gasteiger partial charge in [0.05, 0.1) is 12.2 Å². The Kier molecular flexibility index (Phi) is 13.9. The van der Waals surface area contributed by atoms with E-state index >= 15 is 0 Å². The quantitative estimate of drug-likeness (QED) is 0.143. The summed E-state index contributed by atoms with van der Waals surface area (Å²) in [5.74, 6) is -3.23. The maximum Gasteiger partial charge on any atom is 0.246 e. The predicted molar refractivity (Wildman–Crippen MR) is 202 cm³/mol. The van der Waals surface area contributed by atoms with E-state index < -0.39 is 40.9 Å². The van der Waals surface area contributed by atoms with Crippen LogP contribution in [0.25, 0.3) is 0 Å². The first-order chi connectivity index (χ1) is 25.4.